The van der Waals surface area contributed by atoms with Crippen LogP contribution in [0.25, 0.3) is 11.5 Å². The van der Waals surface area contributed by atoms with Crippen LogP contribution in [-0.2, 0) is 4.74 Å². The van der Waals surface area contributed by atoms with Crippen molar-refractivity contribution in [2.75, 3.05) is 18.8 Å². The minimum Gasteiger partial charge on any atom is -0.444 e. The minimum atomic E-state index is -0.465. The average Bonchev–Trinajstić information content (AvgIpc) is 3.07. The number of piperidine rings is 1. The Hall–Kier alpha value is -2.02. The summed E-state index contributed by atoms with van der Waals surface area (Å²) in [6, 6.07) is 6.22. The van der Waals surface area contributed by atoms with Gasteiger partial charge >= 0.3 is 6.09 Å². The normalized spacial score (nSPS) is 17.6. The van der Waals surface area contributed by atoms with Gasteiger partial charge in [0.15, 0.2) is 0 Å². The fourth-order valence-electron chi connectivity index (χ4n) is 3.37. The Balaban J connectivity index is 1.56. The molecule has 7 heteroatoms. The molecule has 0 spiro atoms. The summed E-state index contributed by atoms with van der Waals surface area (Å²) < 4.78 is 11.3. The van der Waals surface area contributed by atoms with Gasteiger partial charge < -0.3 is 14.1 Å². The number of aromatic nitrogens is 2. The van der Waals surface area contributed by atoms with Crippen molar-refractivity contribution in [1.82, 2.24) is 15.1 Å². The first-order valence-corrected chi connectivity index (χ1v) is 10.7. The highest BCUT2D eigenvalue weighted by Crippen LogP contribution is 2.28. The molecule has 6 nitrogen and oxygen atoms in total. The maximum Gasteiger partial charge on any atom is 0.410 e. The van der Waals surface area contributed by atoms with Gasteiger partial charge in [-0.2, -0.15) is 0 Å². The van der Waals surface area contributed by atoms with Crippen molar-refractivity contribution >= 4 is 17.9 Å². The Morgan fingerprint density at radius 2 is 1.96 bits per heavy atom. The molecule has 0 saturated carbocycles. The molecule has 0 bridgehead atoms. The summed E-state index contributed by atoms with van der Waals surface area (Å²) in [5.41, 5.74) is 2.83. The highest BCUT2D eigenvalue weighted by molar-refractivity contribution is 7.99. The zero-order chi connectivity index (χ0) is 20.3. The van der Waals surface area contributed by atoms with Gasteiger partial charge in [0.2, 0.25) is 5.89 Å². The van der Waals surface area contributed by atoms with Crippen LogP contribution in [0.4, 0.5) is 4.79 Å². The van der Waals surface area contributed by atoms with E-state index in [1.807, 2.05) is 25.7 Å². The van der Waals surface area contributed by atoms with E-state index >= 15 is 0 Å². The van der Waals surface area contributed by atoms with Crippen molar-refractivity contribution in [2.24, 2.45) is 5.92 Å². The van der Waals surface area contributed by atoms with Crippen molar-refractivity contribution in [2.45, 2.75) is 58.3 Å². The standard InChI is InChI=1S/C21H29N3O3S/c1-14-9-15(2)11-17(10-14)18-22-23-19(26-18)28-13-16-7-6-8-24(12-16)20(25)27-21(3,4)5/h9-11,16H,6-8,12-13H2,1-5H3/t16-/m1/s1. The molecular weight excluding hydrogens is 374 g/mol. The number of rotatable bonds is 4. The van der Waals surface area contributed by atoms with Gasteiger partial charge in [-0.05, 0) is 65.5 Å². The minimum absolute atomic E-state index is 0.225. The molecule has 2 aromatic rings. The number of ether oxygens (including phenoxy) is 1. The first kappa shape index (κ1) is 20.7. The van der Waals surface area contributed by atoms with Gasteiger partial charge in [0.1, 0.15) is 5.60 Å². The van der Waals surface area contributed by atoms with E-state index in [2.05, 4.69) is 42.2 Å². The Morgan fingerprint density at radius 3 is 2.64 bits per heavy atom. The van der Waals surface area contributed by atoms with Crippen LogP contribution in [0.1, 0.15) is 44.7 Å². The molecule has 1 aliphatic rings. The number of benzene rings is 1. The third kappa shape index (κ3) is 5.74. The van der Waals surface area contributed by atoms with E-state index in [4.69, 9.17) is 9.15 Å². The average molecular weight is 404 g/mol. The molecular formula is C21H29N3O3S. The van der Waals surface area contributed by atoms with E-state index in [9.17, 15) is 4.79 Å². The maximum atomic E-state index is 12.3. The highest BCUT2D eigenvalue weighted by Gasteiger charge is 2.28. The van der Waals surface area contributed by atoms with E-state index in [-0.39, 0.29) is 6.09 Å². The van der Waals surface area contributed by atoms with E-state index in [0.717, 1.165) is 30.7 Å². The predicted octanol–water partition coefficient (Wildman–Crippen LogP) is 5.09. The molecule has 1 aliphatic heterocycles. The summed E-state index contributed by atoms with van der Waals surface area (Å²) in [4.78, 5) is 14.1. The third-order valence-corrected chi connectivity index (χ3v) is 5.54. The van der Waals surface area contributed by atoms with Crippen molar-refractivity contribution in [3.8, 4) is 11.5 Å². The Morgan fingerprint density at radius 1 is 1.25 bits per heavy atom. The van der Waals surface area contributed by atoms with Gasteiger partial charge in [-0.3, -0.25) is 0 Å². The molecule has 1 saturated heterocycles. The molecule has 0 aliphatic carbocycles. The molecule has 0 radical (unpaired) electrons. The summed E-state index contributed by atoms with van der Waals surface area (Å²) in [6.07, 6.45) is 1.85. The largest absolute Gasteiger partial charge is 0.444 e. The second kappa shape index (κ2) is 8.55. The Labute approximate surface area is 171 Å². The molecule has 0 unspecified atom stereocenters. The number of aryl methyl sites for hydroxylation is 2. The lowest BCUT2D eigenvalue weighted by atomic mass is 10.0. The zero-order valence-corrected chi connectivity index (χ0v) is 18.1. The summed E-state index contributed by atoms with van der Waals surface area (Å²) >= 11 is 1.56. The van der Waals surface area contributed by atoms with Gasteiger partial charge in [-0.1, -0.05) is 29.0 Å². The fourth-order valence-corrected chi connectivity index (χ4v) is 4.25. The van der Waals surface area contributed by atoms with Gasteiger partial charge in [0, 0.05) is 24.4 Å². The Bertz CT molecular complexity index is 808. The molecule has 1 fully saturated rings. The van der Waals surface area contributed by atoms with Crippen LogP contribution < -0.4 is 0 Å². The van der Waals surface area contributed by atoms with Crippen LogP contribution in [0.3, 0.4) is 0 Å². The van der Waals surface area contributed by atoms with Crippen molar-refractivity contribution in [1.29, 1.82) is 0 Å². The molecule has 0 N–H and O–H groups in total. The van der Waals surface area contributed by atoms with Crippen LogP contribution in [0.15, 0.2) is 27.8 Å². The predicted molar refractivity (Wildman–Crippen MR) is 110 cm³/mol. The summed E-state index contributed by atoms with van der Waals surface area (Å²) in [7, 11) is 0. The van der Waals surface area contributed by atoms with Gasteiger partial charge in [-0.15, -0.1) is 10.2 Å². The molecule has 28 heavy (non-hydrogen) atoms. The number of hydrogen-bond acceptors (Lipinski definition) is 6. The van der Waals surface area contributed by atoms with E-state index in [0.29, 0.717) is 23.6 Å². The summed E-state index contributed by atoms with van der Waals surface area (Å²) in [6.45, 7) is 11.3. The number of carbonyl (C=O) groups excluding carboxylic acids is 1. The van der Waals surface area contributed by atoms with Gasteiger partial charge in [-0.25, -0.2) is 4.79 Å². The van der Waals surface area contributed by atoms with Crippen LogP contribution in [0.5, 0.6) is 0 Å². The lowest BCUT2D eigenvalue weighted by molar-refractivity contribution is 0.0177. The lowest BCUT2D eigenvalue weighted by Crippen LogP contribution is -2.43. The smallest absolute Gasteiger partial charge is 0.410 e. The molecule has 1 atom stereocenters. The van der Waals surface area contributed by atoms with Crippen LogP contribution in [0.2, 0.25) is 0 Å². The summed E-state index contributed by atoms with van der Waals surface area (Å²) in [5.74, 6) is 1.78. The van der Waals surface area contributed by atoms with Crippen LogP contribution in [0, 0.1) is 19.8 Å². The molecule has 1 aromatic heterocycles. The number of amides is 1. The van der Waals surface area contributed by atoms with Crippen molar-refractivity contribution < 1.29 is 13.9 Å². The van der Waals surface area contributed by atoms with Crippen molar-refractivity contribution in [3.05, 3.63) is 29.3 Å². The molecule has 3 rings (SSSR count). The Kier molecular flexibility index (Phi) is 6.33. The molecule has 1 aromatic carbocycles. The number of carbonyl (C=O) groups is 1. The number of likely N-dealkylation sites (tertiary alicyclic amines) is 1. The van der Waals surface area contributed by atoms with E-state index in [1.165, 1.54) is 11.1 Å². The number of nitrogens with zero attached hydrogens (tertiary/aromatic N) is 3. The first-order chi connectivity index (χ1) is 13.2. The van der Waals surface area contributed by atoms with Gasteiger partial charge in [0.05, 0.1) is 0 Å². The summed E-state index contributed by atoms with van der Waals surface area (Å²) in [5, 5.41) is 8.95. The number of thioether (sulfide) groups is 1. The SMILES string of the molecule is Cc1cc(C)cc(-c2nnc(SC[C@@H]3CCCN(C(=O)OC(C)(C)C)C3)o2)c1. The van der Waals surface area contributed by atoms with Crippen molar-refractivity contribution in [3.63, 3.8) is 0 Å². The highest BCUT2D eigenvalue weighted by atomic mass is 32.2. The molecule has 1 amide bonds. The fraction of sp³-hybridized carbons (Fsp3) is 0.571. The van der Waals surface area contributed by atoms with Crippen LogP contribution >= 0.6 is 11.8 Å². The molecule has 152 valence electrons. The van der Waals surface area contributed by atoms with Crippen LogP contribution in [-0.4, -0.2) is 45.6 Å². The second-order valence-corrected chi connectivity index (χ2v) is 9.47. The van der Waals surface area contributed by atoms with E-state index in [1.54, 1.807) is 11.8 Å². The second-order valence-electron chi connectivity index (χ2n) is 8.50. The first-order valence-electron chi connectivity index (χ1n) is 9.72. The van der Waals surface area contributed by atoms with E-state index < -0.39 is 5.60 Å². The lowest BCUT2D eigenvalue weighted by Gasteiger charge is -2.33. The maximum absolute atomic E-state index is 12.3. The van der Waals surface area contributed by atoms with Gasteiger partial charge in [0.25, 0.3) is 5.22 Å². The third-order valence-electron chi connectivity index (χ3n) is 4.49. The monoisotopic (exact) mass is 403 g/mol. The quantitative estimate of drug-likeness (QED) is 0.662. The zero-order valence-electron chi connectivity index (χ0n) is 17.3. The topological polar surface area (TPSA) is 68.5 Å². The molecule has 2 heterocycles. The number of hydrogen-bond donors (Lipinski definition) is 0.